The second kappa shape index (κ2) is 11.5. The molecule has 2 aliphatic heterocycles. The number of allylic oxidation sites excluding steroid dienone is 1. The molecule has 1 unspecified atom stereocenters. The molecular formula is C27H33FN8O3. The van der Waals surface area contributed by atoms with Gasteiger partial charge in [-0.15, -0.1) is 0 Å². The summed E-state index contributed by atoms with van der Waals surface area (Å²) in [7, 11) is 0. The molecule has 39 heavy (non-hydrogen) atoms. The molecule has 11 nitrogen and oxygen atoms in total. The predicted octanol–water partition coefficient (Wildman–Crippen LogP) is 3.26. The first-order chi connectivity index (χ1) is 18.8. The summed E-state index contributed by atoms with van der Waals surface area (Å²) in [5, 5.41) is 16.8. The average molecular weight is 537 g/mol. The van der Waals surface area contributed by atoms with Crippen LogP contribution in [0.4, 0.5) is 22.0 Å². The van der Waals surface area contributed by atoms with E-state index in [9.17, 15) is 9.59 Å². The highest BCUT2D eigenvalue weighted by Gasteiger charge is 2.27. The minimum Gasteiger partial charge on any atom is -0.381 e. The van der Waals surface area contributed by atoms with Gasteiger partial charge in [-0.25, -0.2) is 4.39 Å². The van der Waals surface area contributed by atoms with E-state index in [1.54, 1.807) is 16.8 Å². The highest BCUT2D eigenvalue weighted by atomic mass is 19.1. The van der Waals surface area contributed by atoms with E-state index in [1.807, 2.05) is 0 Å². The SMILES string of the molecule is C=CC(=O)c1c(F)cc(CNc2nc(NC3CCOCC3)nc3c(C(C)C)cnn23)cc1NC(=O)C1CCN1. The zero-order valence-electron chi connectivity index (χ0n) is 22.1. The largest absolute Gasteiger partial charge is 0.381 e. The van der Waals surface area contributed by atoms with Crippen LogP contribution in [0, 0.1) is 5.82 Å². The van der Waals surface area contributed by atoms with Crippen LogP contribution in [0.15, 0.2) is 31.0 Å². The molecular weight excluding hydrogens is 503 g/mol. The molecule has 0 spiro atoms. The summed E-state index contributed by atoms with van der Waals surface area (Å²) in [4.78, 5) is 34.4. The Balaban J connectivity index is 1.44. The van der Waals surface area contributed by atoms with Crippen molar-refractivity contribution >= 4 is 34.9 Å². The first-order valence-electron chi connectivity index (χ1n) is 13.2. The molecule has 5 rings (SSSR count). The summed E-state index contributed by atoms with van der Waals surface area (Å²) in [5.74, 6) is -0.574. The lowest BCUT2D eigenvalue weighted by atomic mass is 10.0. The van der Waals surface area contributed by atoms with Gasteiger partial charge in [0.2, 0.25) is 17.8 Å². The Kier molecular flexibility index (Phi) is 7.84. The lowest BCUT2D eigenvalue weighted by Gasteiger charge is -2.26. The minimum absolute atomic E-state index is 0.103. The number of anilines is 3. The number of nitrogens with one attached hydrogen (secondary N) is 4. The van der Waals surface area contributed by atoms with E-state index < -0.39 is 11.6 Å². The first kappa shape index (κ1) is 26.7. The predicted molar refractivity (Wildman–Crippen MR) is 146 cm³/mol. The summed E-state index contributed by atoms with van der Waals surface area (Å²) in [5.41, 5.74) is 2.04. The van der Waals surface area contributed by atoms with E-state index >= 15 is 4.39 Å². The van der Waals surface area contributed by atoms with E-state index in [0.717, 1.165) is 31.0 Å². The summed E-state index contributed by atoms with van der Waals surface area (Å²) in [6.07, 6.45) is 5.19. The van der Waals surface area contributed by atoms with Gasteiger partial charge in [0.25, 0.3) is 0 Å². The van der Waals surface area contributed by atoms with Gasteiger partial charge in [0.1, 0.15) is 5.82 Å². The van der Waals surface area contributed by atoms with E-state index in [4.69, 9.17) is 9.72 Å². The van der Waals surface area contributed by atoms with E-state index in [1.165, 1.54) is 6.07 Å². The van der Waals surface area contributed by atoms with Gasteiger partial charge in [-0.3, -0.25) is 9.59 Å². The van der Waals surface area contributed by atoms with Crippen molar-refractivity contribution in [1.29, 1.82) is 0 Å². The third-order valence-corrected chi connectivity index (χ3v) is 7.00. The molecule has 0 saturated carbocycles. The second-order valence-corrected chi connectivity index (χ2v) is 10.1. The van der Waals surface area contributed by atoms with Crippen LogP contribution >= 0.6 is 0 Å². The van der Waals surface area contributed by atoms with Gasteiger partial charge < -0.3 is 26.0 Å². The van der Waals surface area contributed by atoms with Crippen LogP contribution in [-0.4, -0.2) is 63.1 Å². The van der Waals surface area contributed by atoms with Gasteiger partial charge in [0.05, 0.1) is 23.5 Å². The molecule has 2 aliphatic rings. The van der Waals surface area contributed by atoms with Gasteiger partial charge in [-0.05, 0) is 55.5 Å². The molecule has 0 bridgehead atoms. The lowest BCUT2D eigenvalue weighted by Crippen LogP contribution is -2.51. The number of halogens is 1. The van der Waals surface area contributed by atoms with Crippen LogP contribution in [0.2, 0.25) is 0 Å². The summed E-state index contributed by atoms with van der Waals surface area (Å²) >= 11 is 0. The lowest BCUT2D eigenvalue weighted by molar-refractivity contribution is -0.119. The van der Waals surface area contributed by atoms with E-state index in [0.29, 0.717) is 42.7 Å². The van der Waals surface area contributed by atoms with Crippen LogP contribution in [0.5, 0.6) is 0 Å². The molecule has 0 radical (unpaired) electrons. The number of hydrogen-bond donors (Lipinski definition) is 4. The molecule has 1 atom stereocenters. The Morgan fingerprint density at radius 2 is 2.03 bits per heavy atom. The number of carbonyl (C=O) groups is 2. The fraction of sp³-hybridized carbons (Fsp3) is 0.444. The Morgan fingerprint density at radius 3 is 2.69 bits per heavy atom. The Bertz CT molecular complexity index is 1400. The summed E-state index contributed by atoms with van der Waals surface area (Å²) < 4.78 is 22.2. The number of hydrogen-bond acceptors (Lipinski definition) is 9. The smallest absolute Gasteiger partial charge is 0.241 e. The van der Waals surface area contributed by atoms with Crippen LogP contribution in [0.25, 0.3) is 5.65 Å². The maximum absolute atomic E-state index is 15.2. The number of ketones is 1. The van der Waals surface area contributed by atoms with Gasteiger partial charge >= 0.3 is 0 Å². The number of benzene rings is 1. The highest BCUT2D eigenvalue weighted by Crippen LogP contribution is 2.26. The molecule has 12 heteroatoms. The number of ether oxygens (including phenoxy) is 1. The minimum atomic E-state index is -0.744. The number of fused-ring (bicyclic) bond motifs is 1. The normalized spacial score (nSPS) is 17.6. The summed E-state index contributed by atoms with van der Waals surface area (Å²) in [6, 6.07) is 2.68. The molecule has 3 aromatic rings. The van der Waals surface area contributed by atoms with Crippen molar-refractivity contribution in [3.63, 3.8) is 0 Å². The van der Waals surface area contributed by atoms with Crippen LogP contribution < -0.4 is 21.3 Å². The second-order valence-electron chi connectivity index (χ2n) is 10.1. The molecule has 0 aliphatic carbocycles. The van der Waals surface area contributed by atoms with Crippen molar-refractivity contribution in [2.75, 3.05) is 35.7 Å². The molecule has 2 aromatic heterocycles. The topological polar surface area (TPSA) is 135 Å². The molecule has 4 heterocycles. The van der Waals surface area contributed by atoms with Crippen LogP contribution in [0.1, 0.15) is 60.5 Å². The average Bonchev–Trinajstić information content (AvgIpc) is 3.31. The van der Waals surface area contributed by atoms with Crippen LogP contribution in [0.3, 0.4) is 0 Å². The molecule has 2 fully saturated rings. The Hall–Kier alpha value is -3.90. The van der Waals surface area contributed by atoms with Gasteiger partial charge in [-0.2, -0.15) is 19.6 Å². The van der Waals surface area contributed by atoms with Crippen molar-refractivity contribution in [2.45, 2.75) is 57.7 Å². The monoisotopic (exact) mass is 536 g/mol. The highest BCUT2D eigenvalue weighted by molar-refractivity contribution is 6.11. The number of amides is 1. The van der Waals surface area contributed by atoms with Crippen molar-refractivity contribution < 1.29 is 18.7 Å². The molecule has 206 valence electrons. The quantitative estimate of drug-likeness (QED) is 0.227. The maximum atomic E-state index is 15.2. The van der Waals surface area contributed by atoms with Crippen LogP contribution in [-0.2, 0) is 16.1 Å². The van der Waals surface area contributed by atoms with Gasteiger partial charge in [0.15, 0.2) is 11.4 Å². The Labute approximate surface area is 225 Å². The van der Waals surface area contributed by atoms with Crippen molar-refractivity contribution in [1.82, 2.24) is 24.9 Å². The summed E-state index contributed by atoms with van der Waals surface area (Å²) in [6.45, 7) is 9.86. The van der Waals surface area contributed by atoms with Crippen molar-refractivity contribution in [2.24, 2.45) is 0 Å². The zero-order valence-corrected chi connectivity index (χ0v) is 22.1. The zero-order chi connectivity index (χ0) is 27.5. The maximum Gasteiger partial charge on any atom is 0.241 e. The molecule has 2 saturated heterocycles. The van der Waals surface area contributed by atoms with E-state index in [2.05, 4.69) is 51.8 Å². The van der Waals surface area contributed by atoms with Gasteiger partial charge in [0, 0.05) is 31.4 Å². The molecule has 1 amide bonds. The standard InChI is InChI=1S/C27H33FN8O3/c1-4-22(37)23-19(28)11-16(12-21(23)33-25(38)20-5-8-29-20)13-30-27-35-26(32-17-6-9-39-10-7-17)34-24-18(15(2)3)14-31-36(24)27/h4,11-12,14-15,17,20,29H,1,5-10,13H2,2-3H3,(H,33,38)(H2,30,32,34,35). The van der Waals surface area contributed by atoms with E-state index in [-0.39, 0.29) is 41.7 Å². The third-order valence-electron chi connectivity index (χ3n) is 7.00. The third kappa shape index (κ3) is 5.76. The van der Waals surface area contributed by atoms with Gasteiger partial charge in [-0.1, -0.05) is 20.4 Å². The Morgan fingerprint density at radius 1 is 1.26 bits per heavy atom. The molecule has 4 N–H and O–H groups in total. The van der Waals surface area contributed by atoms with Crippen molar-refractivity contribution in [3.05, 3.63) is 53.5 Å². The number of aromatic nitrogens is 4. The van der Waals surface area contributed by atoms with Crippen molar-refractivity contribution in [3.8, 4) is 0 Å². The number of rotatable bonds is 10. The fourth-order valence-electron chi connectivity index (χ4n) is 4.63. The molecule has 1 aromatic carbocycles. The number of carbonyl (C=O) groups excluding carboxylic acids is 2. The fourth-order valence-corrected chi connectivity index (χ4v) is 4.63. The number of nitrogens with zero attached hydrogens (tertiary/aromatic N) is 4. The first-order valence-corrected chi connectivity index (χ1v) is 13.2.